The number of halogens is 1. The Kier molecular flexibility index (Phi) is 5.57. The van der Waals surface area contributed by atoms with Crippen molar-refractivity contribution in [2.75, 3.05) is 13.7 Å². The van der Waals surface area contributed by atoms with Crippen LogP contribution in [-0.4, -0.2) is 46.3 Å². The molecule has 2 amide bonds. The van der Waals surface area contributed by atoms with Gasteiger partial charge in [0.15, 0.2) is 6.04 Å². The number of aliphatic hydroxyl groups excluding tert-OH is 1. The maximum absolute atomic E-state index is 12.1. The summed E-state index contributed by atoms with van der Waals surface area (Å²) in [4.78, 5) is 24.8. The third-order valence-electron chi connectivity index (χ3n) is 3.33. The van der Waals surface area contributed by atoms with Crippen molar-refractivity contribution in [3.8, 4) is 0 Å². The van der Waals surface area contributed by atoms with Gasteiger partial charge in [0.05, 0.1) is 12.1 Å². The van der Waals surface area contributed by atoms with Gasteiger partial charge in [-0.2, -0.15) is 0 Å². The normalized spacial score (nSPS) is 12.6. The molecule has 0 aliphatic heterocycles. The van der Waals surface area contributed by atoms with Crippen LogP contribution in [0.2, 0.25) is 5.02 Å². The van der Waals surface area contributed by atoms with E-state index >= 15 is 0 Å². The Hall–Kier alpha value is -1.79. The SMILES string of the molecule is CN(C(=O)N[C@@H](C(=O)O)c1ccccc1Cl)C(C)(C)CO. The molecule has 116 valence electrons. The number of carbonyl (C=O) groups is 2. The van der Waals surface area contributed by atoms with Crippen LogP contribution in [0.1, 0.15) is 25.5 Å². The van der Waals surface area contributed by atoms with Crippen molar-refractivity contribution in [1.82, 2.24) is 10.2 Å². The molecule has 0 saturated carbocycles. The van der Waals surface area contributed by atoms with E-state index < -0.39 is 23.6 Å². The molecule has 1 aromatic rings. The fourth-order valence-electron chi connectivity index (χ4n) is 1.58. The molecule has 1 aromatic carbocycles. The lowest BCUT2D eigenvalue weighted by Gasteiger charge is -2.34. The van der Waals surface area contributed by atoms with E-state index in [0.29, 0.717) is 5.56 Å². The summed E-state index contributed by atoms with van der Waals surface area (Å²) in [5.74, 6) is -1.22. The number of urea groups is 1. The summed E-state index contributed by atoms with van der Waals surface area (Å²) in [5, 5.41) is 21.2. The zero-order valence-corrected chi connectivity index (χ0v) is 12.9. The summed E-state index contributed by atoms with van der Waals surface area (Å²) in [5.41, 5.74) is -0.511. The molecule has 0 saturated heterocycles. The van der Waals surface area contributed by atoms with Crippen LogP contribution in [0.15, 0.2) is 24.3 Å². The molecular formula is C14H19ClN2O4. The monoisotopic (exact) mass is 314 g/mol. The number of hydrogen-bond donors (Lipinski definition) is 3. The van der Waals surface area contributed by atoms with Gasteiger partial charge in [-0.1, -0.05) is 29.8 Å². The Morgan fingerprint density at radius 1 is 1.38 bits per heavy atom. The number of aliphatic hydroxyl groups is 1. The fourth-order valence-corrected chi connectivity index (χ4v) is 1.83. The first-order valence-corrected chi connectivity index (χ1v) is 6.71. The van der Waals surface area contributed by atoms with E-state index in [4.69, 9.17) is 11.6 Å². The summed E-state index contributed by atoms with van der Waals surface area (Å²) < 4.78 is 0. The second-order valence-corrected chi connectivity index (χ2v) is 5.68. The summed E-state index contributed by atoms with van der Waals surface area (Å²) in [6.45, 7) is 3.08. The molecular weight excluding hydrogens is 296 g/mol. The zero-order valence-electron chi connectivity index (χ0n) is 12.1. The predicted octanol–water partition coefficient (Wildman–Crippen LogP) is 1.88. The fraction of sp³-hybridized carbons (Fsp3) is 0.429. The highest BCUT2D eigenvalue weighted by molar-refractivity contribution is 6.31. The number of carboxylic acids is 1. The van der Waals surface area contributed by atoms with Gasteiger partial charge in [-0.3, -0.25) is 0 Å². The smallest absolute Gasteiger partial charge is 0.331 e. The number of carboxylic acid groups (broad SMARTS) is 1. The molecule has 0 spiro atoms. The highest BCUT2D eigenvalue weighted by atomic mass is 35.5. The van der Waals surface area contributed by atoms with Crippen LogP contribution in [0.25, 0.3) is 0 Å². The second kappa shape index (κ2) is 6.78. The average Bonchev–Trinajstić information content (AvgIpc) is 2.44. The third kappa shape index (κ3) is 4.09. The number of likely N-dealkylation sites (N-methyl/N-ethyl adjacent to an activating group) is 1. The molecule has 6 nitrogen and oxygen atoms in total. The van der Waals surface area contributed by atoms with Gasteiger partial charge in [-0.25, -0.2) is 9.59 Å². The number of amides is 2. The van der Waals surface area contributed by atoms with E-state index in [1.165, 1.54) is 11.9 Å². The van der Waals surface area contributed by atoms with Crippen molar-refractivity contribution in [3.63, 3.8) is 0 Å². The first kappa shape index (κ1) is 17.3. The molecule has 0 fully saturated rings. The first-order valence-electron chi connectivity index (χ1n) is 6.33. The van der Waals surface area contributed by atoms with E-state index in [0.717, 1.165) is 0 Å². The zero-order chi connectivity index (χ0) is 16.2. The minimum atomic E-state index is -1.26. The molecule has 3 N–H and O–H groups in total. The molecule has 0 heterocycles. The molecule has 7 heteroatoms. The van der Waals surface area contributed by atoms with Gasteiger partial charge in [0, 0.05) is 17.6 Å². The Labute approximate surface area is 128 Å². The minimum Gasteiger partial charge on any atom is -0.479 e. The van der Waals surface area contributed by atoms with Gasteiger partial charge in [0.1, 0.15) is 0 Å². The standard InChI is InChI=1S/C14H19ClN2O4/c1-14(2,8-18)17(3)13(21)16-11(12(19)20)9-6-4-5-7-10(9)15/h4-7,11,18H,8H2,1-3H3,(H,16,21)(H,19,20)/t11-/m1/s1. The van der Waals surface area contributed by atoms with Crippen LogP contribution < -0.4 is 5.32 Å². The van der Waals surface area contributed by atoms with E-state index in [1.54, 1.807) is 38.1 Å². The van der Waals surface area contributed by atoms with Gasteiger partial charge >= 0.3 is 12.0 Å². The van der Waals surface area contributed by atoms with E-state index in [-0.39, 0.29) is 11.6 Å². The molecule has 1 atom stereocenters. The number of carbonyl (C=O) groups excluding carboxylic acids is 1. The number of benzene rings is 1. The number of nitrogens with zero attached hydrogens (tertiary/aromatic N) is 1. The molecule has 1 rings (SSSR count). The largest absolute Gasteiger partial charge is 0.479 e. The number of aliphatic carboxylic acids is 1. The summed E-state index contributed by atoms with van der Waals surface area (Å²) in [7, 11) is 1.48. The third-order valence-corrected chi connectivity index (χ3v) is 3.67. The van der Waals surface area contributed by atoms with Gasteiger partial charge < -0.3 is 20.4 Å². The van der Waals surface area contributed by atoms with Gasteiger partial charge in [0.25, 0.3) is 0 Å². The Morgan fingerprint density at radius 3 is 2.43 bits per heavy atom. The van der Waals surface area contributed by atoms with Gasteiger partial charge in [-0.05, 0) is 19.9 Å². The lowest BCUT2D eigenvalue weighted by atomic mass is 10.1. The summed E-state index contributed by atoms with van der Waals surface area (Å²) >= 11 is 5.98. The van der Waals surface area contributed by atoms with Crippen molar-refractivity contribution in [1.29, 1.82) is 0 Å². The number of hydrogen-bond acceptors (Lipinski definition) is 3. The second-order valence-electron chi connectivity index (χ2n) is 5.27. The molecule has 0 aliphatic carbocycles. The van der Waals surface area contributed by atoms with Gasteiger partial charge in [-0.15, -0.1) is 0 Å². The molecule has 0 aromatic heterocycles. The van der Waals surface area contributed by atoms with E-state index in [9.17, 15) is 19.8 Å². The average molecular weight is 315 g/mol. The highest BCUT2D eigenvalue weighted by Gasteiger charge is 2.31. The summed E-state index contributed by atoms with van der Waals surface area (Å²) in [6.07, 6.45) is 0. The van der Waals surface area contributed by atoms with Gasteiger partial charge in [0.2, 0.25) is 0 Å². The summed E-state index contributed by atoms with van der Waals surface area (Å²) in [6, 6.07) is 4.54. The van der Waals surface area contributed by atoms with Crippen LogP contribution in [0.4, 0.5) is 4.79 Å². The highest BCUT2D eigenvalue weighted by Crippen LogP contribution is 2.23. The van der Waals surface area contributed by atoms with Crippen LogP contribution in [0.3, 0.4) is 0 Å². The quantitative estimate of drug-likeness (QED) is 0.774. The molecule has 0 radical (unpaired) electrons. The Morgan fingerprint density at radius 2 is 1.95 bits per heavy atom. The Bertz CT molecular complexity index is 533. The van der Waals surface area contributed by atoms with Crippen molar-refractivity contribution in [3.05, 3.63) is 34.9 Å². The van der Waals surface area contributed by atoms with E-state index in [1.807, 2.05) is 0 Å². The van der Waals surface area contributed by atoms with Crippen LogP contribution in [-0.2, 0) is 4.79 Å². The molecule has 21 heavy (non-hydrogen) atoms. The number of rotatable bonds is 5. The predicted molar refractivity (Wildman–Crippen MR) is 79.3 cm³/mol. The topological polar surface area (TPSA) is 89.9 Å². The van der Waals surface area contributed by atoms with Crippen molar-refractivity contribution >= 4 is 23.6 Å². The number of nitrogens with one attached hydrogen (secondary N) is 1. The van der Waals surface area contributed by atoms with Crippen LogP contribution in [0.5, 0.6) is 0 Å². The first-order chi connectivity index (χ1) is 9.70. The molecule has 0 unspecified atom stereocenters. The van der Waals surface area contributed by atoms with E-state index in [2.05, 4.69) is 5.32 Å². The lowest BCUT2D eigenvalue weighted by molar-refractivity contribution is -0.139. The Balaban J connectivity index is 2.98. The van der Waals surface area contributed by atoms with Crippen molar-refractivity contribution < 1.29 is 19.8 Å². The van der Waals surface area contributed by atoms with Crippen LogP contribution in [0, 0.1) is 0 Å². The maximum Gasteiger partial charge on any atom is 0.331 e. The van der Waals surface area contributed by atoms with Crippen molar-refractivity contribution in [2.45, 2.75) is 25.4 Å². The lowest BCUT2D eigenvalue weighted by Crippen LogP contribution is -2.53. The molecule has 0 bridgehead atoms. The maximum atomic E-state index is 12.1. The minimum absolute atomic E-state index is 0.249. The van der Waals surface area contributed by atoms with Crippen molar-refractivity contribution in [2.24, 2.45) is 0 Å². The van der Waals surface area contributed by atoms with Crippen LogP contribution >= 0.6 is 11.6 Å². The molecule has 0 aliphatic rings.